The third kappa shape index (κ3) is 7.03. The van der Waals surface area contributed by atoms with E-state index in [0.29, 0.717) is 18.9 Å². The largest absolute Gasteiger partial charge is 0.357 e. The summed E-state index contributed by atoms with van der Waals surface area (Å²) < 4.78 is 14.1. The summed E-state index contributed by atoms with van der Waals surface area (Å²) in [5, 5.41) is 6.86. The molecule has 8 heteroatoms. The smallest absolute Gasteiger partial charge is 0.191 e. The number of benzene rings is 1. The predicted octanol–water partition coefficient (Wildman–Crippen LogP) is 3.58. The molecule has 1 aromatic carbocycles. The molecular weight excluding hydrogens is 506 g/mol. The summed E-state index contributed by atoms with van der Waals surface area (Å²) in [6.45, 7) is 7.07. The number of halogens is 2. The zero-order valence-corrected chi connectivity index (χ0v) is 21.1. The highest BCUT2D eigenvalue weighted by Crippen LogP contribution is 2.21. The fraction of sp³-hybridized carbons (Fsp3) is 0.478. The first-order valence-corrected chi connectivity index (χ1v) is 10.6. The van der Waals surface area contributed by atoms with Gasteiger partial charge in [0.2, 0.25) is 0 Å². The summed E-state index contributed by atoms with van der Waals surface area (Å²) in [5.41, 5.74) is 2.51. The summed E-state index contributed by atoms with van der Waals surface area (Å²) in [5.74, 6) is 0.950. The van der Waals surface area contributed by atoms with Crippen molar-refractivity contribution in [3.8, 4) is 0 Å². The Balaban J connectivity index is 0.00000341. The Labute approximate surface area is 202 Å². The minimum atomic E-state index is -0.273. The molecule has 0 saturated carbocycles. The van der Waals surface area contributed by atoms with Gasteiger partial charge in [-0.1, -0.05) is 29.8 Å². The number of pyridine rings is 1. The van der Waals surface area contributed by atoms with Gasteiger partial charge in [0.1, 0.15) is 0 Å². The van der Waals surface area contributed by atoms with Gasteiger partial charge < -0.3 is 20.4 Å². The molecule has 6 nitrogen and oxygen atoms in total. The number of nitrogens with zero attached hydrogens (tertiary/aromatic N) is 4. The molecule has 170 valence electrons. The summed E-state index contributed by atoms with van der Waals surface area (Å²) >= 11 is 0. The minimum Gasteiger partial charge on any atom is -0.357 e. The Morgan fingerprint density at radius 2 is 2.03 bits per heavy atom. The maximum atomic E-state index is 14.1. The summed E-state index contributed by atoms with van der Waals surface area (Å²) in [7, 11) is 4.16. The number of aryl methyl sites for hydroxylation is 1. The first-order valence-electron chi connectivity index (χ1n) is 10.6. The maximum Gasteiger partial charge on any atom is 0.191 e. The molecule has 1 saturated heterocycles. The van der Waals surface area contributed by atoms with Gasteiger partial charge in [-0.3, -0.25) is 4.99 Å². The van der Waals surface area contributed by atoms with Crippen LogP contribution in [0.1, 0.15) is 30.5 Å². The van der Waals surface area contributed by atoms with E-state index in [1.165, 1.54) is 17.2 Å². The van der Waals surface area contributed by atoms with Gasteiger partial charge in [0.25, 0.3) is 0 Å². The Morgan fingerprint density at radius 3 is 2.68 bits per heavy atom. The molecule has 0 aliphatic carbocycles. The van der Waals surface area contributed by atoms with E-state index in [2.05, 4.69) is 72.7 Å². The Hall–Kier alpha value is -1.94. The summed E-state index contributed by atoms with van der Waals surface area (Å²) in [6.07, 6.45) is 2.55. The van der Waals surface area contributed by atoms with Gasteiger partial charge in [-0.25, -0.2) is 9.37 Å². The molecule has 2 atom stereocenters. The lowest BCUT2D eigenvalue weighted by Gasteiger charge is -2.24. The molecule has 2 N–H and O–H groups in total. The summed E-state index contributed by atoms with van der Waals surface area (Å²) in [4.78, 5) is 13.2. The first-order chi connectivity index (χ1) is 14.5. The van der Waals surface area contributed by atoms with Crippen LogP contribution in [-0.4, -0.2) is 62.2 Å². The number of aromatic nitrogens is 1. The fourth-order valence-electron chi connectivity index (χ4n) is 3.73. The monoisotopic (exact) mass is 540 g/mol. The Morgan fingerprint density at radius 1 is 1.29 bits per heavy atom. The molecule has 0 bridgehead atoms. The van der Waals surface area contributed by atoms with Crippen molar-refractivity contribution in [1.82, 2.24) is 20.5 Å². The molecule has 2 unspecified atom stereocenters. The molecule has 1 aromatic heterocycles. The van der Waals surface area contributed by atoms with Crippen LogP contribution in [0.5, 0.6) is 0 Å². The average molecular weight is 540 g/mol. The quantitative estimate of drug-likeness (QED) is 0.320. The number of anilines is 1. The van der Waals surface area contributed by atoms with Crippen LogP contribution in [-0.2, 0) is 0 Å². The van der Waals surface area contributed by atoms with Crippen LogP contribution < -0.4 is 15.5 Å². The van der Waals surface area contributed by atoms with Crippen LogP contribution in [0.4, 0.5) is 10.2 Å². The number of rotatable bonds is 7. The standard InChI is InChI=1S/C23H33FN6.HI/c1-5-25-23(27-15-21(29(3)4)18-10-8-17(2)9-11-18)28-19-12-14-30(16-19)22-20(24)7-6-13-26-22;/h6-11,13,19,21H,5,12,14-16H2,1-4H3,(H2,25,27,28);1H. The molecule has 1 aliphatic heterocycles. The molecule has 0 amide bonds. The molecule has 0 spiro atoms. The van der Waals surface area contributed by atoms with Crippen molar-refractivity contribution in [2.45, 2.75) is 32.4 Å². The third-order valence-corrected chi connectivity index (χ3v) is 5.42. The van der Waals surface area contributed by atoms with E-state index in [4.69, 9.17) is 4.99 Å². The van der Waals surface area contributed by atoms with Crippen LogP contribution >= 0.6 is 24.0 Å². The van der Waals surface area contributed by atoms with Crippen LogP contribution in [0, 0.1) is 12.7 Å². The molecular formula is C23H34FIN6. The van der Waals surface area contributed by atoms with Gasteiger partial charge >= 0.3 is 0 Å². The van der Waals surface area contributed by atoms with E-state index < -0.39 is 0 Å². The van der Waals surface area contributed by atoms with Gasteiger partial charge in [0.15, 0.2) is 17.6 Å². The van der Waals surface area contributed by atoms with Crippen molar-refractivity contribution < 1.29 is 4.39 Å². The lowest BCUT2D eigenvalue weighted by Crippen LogP contribution is -2.45. The average Bonchev–Trinajstić information content (AvgIpc) is 3.18. The molecule has 2 heterocycles. The maximum absolute atomic E-state index is 14.1. The lowest BCUT2D eigenvalue weighted by molar-refractivity contribution is 0.306. The zero-order valence-electron chi connectivity index (χ0n) is 18.8. The number of likely N-dealkylation sites (N-methyl/N-ethyl adjacent to an activating group) is 1. The second-order valence-corrected chi connectivity index (χ2v) is 7.99. The van der Waals surface area contributed by atoms with Gasteiger partial charge in [-0.05, 0) is 52.1 Å². The number of hydrogen-bond acceptors (Lipinski definition) is 4. The predicted molar refractivity (Wildman–Crippen MR) is 137 cm³/mol. The van der Waals surface area contributed by atoms with E-state index in [1.54, 1.807) is 12.3 Å². The number of guanidine groups is 1. The van der Waals surface area contributed by atoms with Gasteiger partial charge in [-0.15, -0.1) is 24.0 Å². The highest BCUT2D eigenvalue weighted by Gasteiger charge is 2.26. The Kier molecular flexibility index (Phi) is 9.95. The number of nitrogens with one attached hydrogen (secondary N) is 2. The van der Waals surface area contributed by atoms with Crippen molar-refractivity contribution in [3.05, 3.63) is 59.5 Å². The van der Waals surface area contributed by atoms with Crippen LogP contribution in [0.2, 0.25) is 0 Å². The molecule has 2 aromatic rings. The summed E-state index contributed by atoms with van der Waals surface area (Å²) in [6, 6.07) is 12.1. The van der Waals surface area contributed by atoms with Crippen molar-refractivity contribution in [1.29, 1.82) is 0 Å². The van der Waals surface area contributed by atoms with Gasteiger partial charge in [-0.2, -0.15) is 0 Å². The second-order valence-electron chi connectivity index (χ2n) is 7.99. The fourth-order valence-corrected chi connectivity index (χ4v) is 3.73. The minimum absolute atomic E-state index is 0. The molecule has 31 heavy (non-hydrogen) atoms. The van der Waals surface area contributed by atoms with Crippen molar-refractivity contribution >= 4 is 35.8 Å². The number of hydrogen-bond donors (Lipinski definition) is 2. The Bertz CT molecular complexity index is 842. The molecule has 0 radical (unpaired) electrons. The van der Waals surface area contributed by atoms with Crippen LogP contribution in [0.25, 0.3) is 0 Å². The third-order valence-electron chi connectivity index (χ3n) is 5.42. The molecule has 1 fully saturated rings. The van der Waals surface area contributed by atoms with Crippen molar-refractivity contribution in [2.24, 2.45) is 4.99 Å². The van der Waals surface area contributed by atoms with E-state index >= 15 is 0 Å². The van der Waals surface area contributed by atoms with Gasteiger partial charge in [0, 0.05) is 31.9 Å². The lowest BCUT2D eigenvalue weighted by atomic mass is 10.0. The SMILES string of the molecule is CCNC(=NCC(c1ccc(C)cc1)N(C)C)NC1CCN(c2ncccc2F)C1.I. The van der Waals surface area contributed by atoms with Crippen molar-refractivity contribution in [3.63, 3.8) is 0 Å². The first kappa shape index (κ1) is 25.3. The molecule has 3 rings (SSSR count). The zero-order chi connectivity index (χ0) is 21.5. The highest BCUT2D eigenvalue weighted by molar-refractivity contribution is 14.0. The number of aliphatic imine (C=N–C) groups is 1. The van der Waals surface area contributed by atoms with Gasteiger partial charge in [0.05, 0.1) is 12.6 Å². The second kappa shape index (κ2) is 12.2. The highest BCUT2D eigenvalue weighted by atomic mass is 127. The van der Waals surface area contributed by atoms with E-state index in [-0.39, 0.29) is 41.9 Å². The van der Waals surface area contributed by atoms with Crippen molar-refractivity contribution in [2.75, 3.05) is 45.2 Å². The van der Waals surface area contributed by atoms with Crippen LogP contribution in [0.15, 0.2) is 47.6 Å². The normalized spacial score (nSPS) is 17.4. The van der Waals surface area contributed by atoms with E-state index in [1.807, 2.05) is 4.90 Å². The van der Waals surface area contributed by atoms with Crippen LogP contribution in [0.3, 0.4) is 0 Å². The van der Waals surface area contributed by atoms with E-state index in [0.717, 1.165) is 25.5 Å². The van der Waals surface area contributed by atoms with E-state index in [9.17, 15) is 4.39 Å². The molecule has 1 aliphatic rings. The topological polar surface area (TPSA) is 55.8 Å².